The standard InChI is InChI=1S/C31H36FN9O3/c1-38-15-17-39(18-16-38)23-9-7-21(8-10-23)28-27(32)30(37-29(36-28)24-19-34-41-14-3-2-6-25(24)41)35-22-5-4-13-40(20-22)26(42)11-12-33-31(43)44/h2-3,6-10,14,19,22,33H,4-5,11-13,15-18,20H2,1H3,(H,43,44)(H,35,36,37). The average molecular weight is 602 g/mol. The van der Waals surface area contributed by atoms with Crippen LogP contribution in [0.2, 0.25) is 0 Å². The van der Waals surface area contributed by atoms with Gasteiger partial charge >= 0.3 is 6.09 Å². The van der Waals surface area contributed by atoms with Crippen LogP contribution in [-0.4, -0.2) is 105 Å². The fourth-order valence-corrected chi connectivity index (χ4v) is 5.81. The molecule has 0 saturated carbocycles. The summed E-state index contributed by atoms with van der Waals surface area (Å²) < 4.78 is 18.0. The van der Waals surface area contributed by atoms with Crippen LogP contribution in [0.15, 0.2) is 54.9 Å². The second-order valence-corrected chi connectivity index (χ2v) is 11.3. The number of fused-ring (bicyclic) bond motifs is 1. The van der Waals surface area contributed by atoms with Crippen LogP contribution < -0.4 is 15.5 Å². The number of halogens is 1. The molecule has 13 heteroatoms. The van der Waals surface area contributed by atoms with Gasteiger partial charge in [-0.05, 0) is 44.2 Å². The zero-order chi connectivity index (χ0) is 30.6. The van der Waals surface area contributed by atoms with Crippen molar-refractivity contribution in [3.63, 3.8) is 0 Å². The lowest BCUT2D eigenvalue weighted by molar-refractivity contribution is -0.132. The van der Waals surface area contributed by atoms with E-state index in [4.69, 9.17) is 10.1 Å². The van der Waals surface area contributed by atoms with Crippen molar-refractivity contribution >= 4 is 29.0 Å². The Bertz CT molecular complexity index is 1640. The van der Waals surface area contributed by atoms with Crippen molar-refractivity contribution in [2.45, 2.75) is 25.3 Å². The highest BCUT2D eigenvalue weighted by atomic mass is 19.1. The molecule has 230 valence electrons. The number of rotatable bonds is 8. The molecule has 1 unspecified atom stereocenters. The van der Waals surface area contributed by atoms with Crippen molar-refractivity contribution in [1.82, 2.24) is 34.7 Å². The Kier molecular flexibility index (Phi) is 8.55. The summed E-state index contributed by atoms with van der Waals surface area (Å²) in [7, 11) is 2.12. The molecule has 3 N–H and O–H groups in total. The lowest BCUT2D eigenvalue weighted by Gasteiger charge is -2.34. The second-order valence-electron chi connectivity index (χ2n) is 11.3. The molecule has 2 fully saturated rings. The zero-order valence-corrected chi connectivity index (χ0v) is 24.6. The van der Waals surface area contributed by atoms with E-state index in [-0.39, 0.29) is 36.4 Å². The first-order valence-electron chi connectivity index (χ1n) is 14.9. The second kappa shape index (κ2) is 12.8. The number of nitrogens with zero attached hydrogens (tertiary/aromatic N) is 7. The highest BCUT2D eigenvalue weighted by Crippen LogP contribution is 2.32. The first kappa shape index (κ1) is 29.3. The third-order valence-corrected chi connectivity index (χ3v) is 8.26. The number of nitrogens with one attached hydrogen (secondary N) is 2. The number of carbonyl (C=O) groups excluding carboxylic acids is 1. The molecule has 3 aromatic heterocycles. The van der Waals surface area contributed by atoms with E-state index < -0.39 is 11.9 Å². The average Bonchev–Trinajstić information content (AvgIpc) is 3.47. The minimum Gasteiger partial charge on any atom is -0.465 e. The lowest BCUT2D eigenvalue weighted by atomic mass is 10.0. The smallest absolute Gasteiger partial charge is 0.404 e. The normalized spacial score (nSPS) is 17.5. The minimum atomic E-state index is -1.16. The number of likely N-dealkylation sites (N-methyl/N-ethyl adjacent to an activating group) is 1. The molecule has 4 aromatic rings. The van der Waals surface area contributed by atoms with Gasteiger partial charge in [-0.1, -0.05) is 18.2 Å². The summed E-state index contributed by atoms with van der Waals surface area (Å²) >= 11 is 0. The van der Waals surface area contributed by atoms with E-state index in [1.807, 2.05) is 48.7 Å². The van der Waals surface area contributed by atoms with Crippen LogP contribution in [0.1, 0.15) is 19.3 Å². The summed E-state index contributed by atoms with van der Waals surface area (Å²) in [6.45, 7) is 4.81. The maximum absolute atomic E-state index is 16.3. The molecular weight excluding hydrogens is 565 g/mol. The summed E-state index contributed by atoms with van der Waals surface area (Å²) in [5, 5.41) is 18.7. The van der Waals surface area contributed by atoms with Crippen LogP contribution in [0.5, 0.6) is 0 Å². The third kappa shape index (κ3) is 6.42. The van der Waals surface area contributed by atoms with Crippen molar-refractivity contribution in [1.29, 1.82) is 0 Å². The Balaban J connectivity index is 1.29. The number of hydrogen-bond acceptors (Lipinski definition) is 8. The van der Waals surface area contributed by atoms with Crippen molar-refractivity contribution in [2.75, 3.05) is 63.1 Å². The van der Waals surface area contributed by atoms with Gasteiger partial charge in [-0.3, -0.25) is 4.79 Å². The van der Waals surface area contributed by atoms with E-state index in [0.717, 1.165) is 50.2 Å². The SMILES string of the molecule is CN1CCN(c2ccc(-c3nc(-c4cnn5ccccc45)nc(NC4CCCN(C(=O)CCNC(=O)O)C4)c3F)cc2)CC1. The Morgan fingerprint density at radius 3 is 2.61 bits per heavy atom. The third-order valence-electron chi connectivity index (χ3n) is 8.26. The van der Waals surface area contributed by atoms with Gasteiger partial charge in [0.05, 0.1) is 17.3 Å². The van der Waals surface area contributed by atoms with E-state index in [1.54, 1.807) is 15.6 Å². The number of hydrogen-bond donors (Lipinski definition) is 3. The fourth-order valence-electron chi connectivity index (χ4n) is 5.81. The van der Waals surface area contributed by atoms with Crippen LogP contribution in [0, 0.1) is 5.82 Å². The summed E-state index contributed by atoms with van der Waals surface area (Å²) in [5.41, 5.74) is 3.38. The van der Waals surface area contributed by atoms with Crippen LogP contribution in [-0.2, 0) is 4.79 Å². The van der Waals surface area contributed by atoms with Gasteiger partial charge in [-0.15, -0.1) is 0 Å². The zero-order valence-electron chi connectivity index (χ0n) is 24.6. The number of likely N-dealkylation sites (tertiary alicyclic amines) is 1. The number of aromatic nitrogens is 4. The first-order chi connectivity index (χ1) is 21.4. The molecule has 5 heterocycles. The molecule has 0 radical (unpaired) electrons. The van der Waals surface area contributed by atoms with Gasteiger partial charge in [0, 0.05) is 75.7 Å². The Morgan fingerprint density at radius 1 is 1.05 bits per heavy atom. The molecule has 0 spiro atoms. The highest BCUT2D eigenvalue weighted by Gasteiger charge is 2.27. The monoisotopic (exact) mass is 601 g/mol. The Hall–Kier alpha value is -4.78. The van der Waals surface area contributed by atoms with Gasteiger partial charge in [0.1, 0.15) is 5.69 Å². The maximum atomic E-state index is 16.3. The number of carboxylic acid groups (broad SMARTS) is 1. The van der Waals surface area contributed by atoms with Crippen LogP contribution in [0.25, 0.3) is 28.2 Å². The van der Waals surface area contributed by atoms with Crippen LogP contribution >= 0.6 is 0 Å². The molecule has 2 amide bonds. The number of pyridine rings is 1. The molecule has 1 atom stereocenters. The summed E-state index contributed by atoms with van der Waals surface area (Å²) in [4.78, 5) is 39.2. The molecule has 0 bridgehead atoms. The van der Waals surface area contributed by atoms with Crippen molar-refractivity contribution < 1.29 is 19.1 Å². The largest absolute Gasteiger partial charge is 0.465 e. The molecule has 2 aliphatic heterocycles. The molecule has 0 aliphatic carbocycles. The summed E-state index contributed by atoms with van der Waals surface area (Å²) in [6, 6.07) is 13.3. The fraction of sp³-hybridized carbons (Fsp3) is 0.387. The lowest BCUT2D eigenvalue weighted by Crippen LogP contribution is -2.46. The Morgan fingerprint density at radius 2 is 1.84 bits per heavy atom. The highest BCUT2D eigenvalue weighted by molar-refractivity contribution is 5.79. The van der Waals surface area contributed by atoms with Crippen LogP contribution in [0.3, 0.4) is 0 Å². The molecule has 6 rings (SSSR count). The molecule has 12 nitrogen and oxygen atoms in total. The minimum absolute atomic E-state index is 0.0449. The number of carbonyl (C=O) groups is 2. The molecule has 2 aliphatic rings. The maximum Gasteiger partial charge on any atom is 0.404 e. The van der Waals surface area contributed by atoms with Crippen LogP contribution in [0.4, 0.5) is 20.7 Å². The van der Waals surface area contributed by atoms with E-state index in [1.165, 1.54) is 0 Å². The van der Waals surface area contributed by atoms with Crippen molar-refractivity contribution in [3.05, 3.63) is 60.7 Å². The number of piperidine rings is 1. The van der Waals surface area contributed by atoms with Gasteiger partial charge < -0.3 is 30.4 Å². The van der Waals surface area contributed by atoms with Gasteiger partial charge in [-0.25, -0.2) is 23.7 Å². The molecule has 44 heavy (non-hydrogen) atoms. The Labute approximate surface area is 254 Å². The van der Waals surface area contributed by atoms with E-state index in [0.29, 0.717) is 30.0 Å². The van der Waals surface area contributed by atoms with Crippen molar-refractivity contribution in [2.24, 2.45) is 0 Å². The van der Waals surface area contributed by atoms with Gasteiger partial charge in [0.15, 0.2) is 17.5 Å². The van der Waals surface area contributed by atoms with E-state index in [2.05, 4.69) is 37.6 Å². The van der Waals surface area contributed by atoms with E-state index >= 15 is 4.39 Å². The van der Waals surface area contributed by atoms with Gasteiger partial charge in [-0.2, -0.15) is 5.10 Å². The predicted octanol–water partition coefficient (Wildman–Crippen LogP) is 3.41. The number of piperazine rings is 1. The van der Waals surface area contributed by atoms with E-state index in [9.17, 15) is 9.59 Å². The van der Waals surface area contributed by atoms with Crippen molar-refractivity contribution in [3.8, 4) is 22.6 Å². The topological polar surface area (TPSA) is 131 Å². The van der Waals surface area contributed by atoms with Gasteiger partial charge in [0.25, 0.3) is 0 Å². The molecule has 2 saturated heterocycles. The number of anilines is 2. The van der Waals surface area contributed by atoms with Gasteiger partial charge in [0.2, 0.25) is 5.91 Å². The summed E-state index contributed by atoms with van der Waals surface area (Å²) in [6.07, 6.45) is 3.86. The molecular formula is C31H36FN9O3. The predicted molar refractivity (Wildman–Crippen MR) is 165 cm³/mol. The molecule has 1 aromatic carbocycles. The number of benzene rings is 1. The first-order valence-corrected chi connectivity index (χ1v) is 14.9. The quantitative estimate of drug-likeness (QED) is 0.278. The number of amides is 2. The summed E-state index contributed by atoms with van der Waals surface area (Å²) in [5.74, 6) is -0.305.